The lowest BCUT2D eigenvalue weighted by Gasteiger charge is -2.28. The van der Waals surface area contributed by atoms with Crippen LogP contribution in [-0.4, -0.2) is 58.0 Å². The van der Waals surface area contributed by atoms with E-state index in [2.05, 4.69) is 37.2 Å². The Hall–Kier alpha value is -1.94. The highest BCUT2D eigenvalue weighted by Crippen LogP contribution is 2.60. The minimum atomic E-state index is -1.09. The molecular weight excluding hydrogens is 536 g/mol. The standard InChI is InChI=1S/C21H22Br2N2O6/c1-9(21(29)31-8-14(26)24-10-4-3-5-11(6-10)30-2)25-19(27)15-12-7-13(16(15)20(25)28)18(23)17(12)22/h3-6,9,12-13,15-18H,7-8H2,1-2H3,(H,24,26)/t9-,12+,13+,15+,16+,17-,18-/m0/s1. The molecule has 7 atom stereocenters. The van der Waals surface area contributed by atoms with Gasteiger partial charge >= 0.3 is 5.97 Å². The summed E-state index contributed by atoms with van der Waals surface area (Å²) in [5, 5.41) is 2.61. The molecule has 0 aromatic heterocycles. The Labute approximate surface area is 196 Å². The molecule has 0 spiro atoms. The van der Waals surface area contributed by atoms with Crippen LogP contribution in [0, 0.1) is 23.7 Å². The van der Waals surface area contributed by atoms with Crippen molar-refractivity contribution in [1.82, 2.24) is 4.90 Å². The Bertz CT molecular complexity index is 908. The summed E-state index contributed by atoms with van der Waals surface area (Å²) in [6.45, 7) is 0.930. The zero-order valence-electron chi connectivity index (χ0n) is 16.9. The number of amides is 3. The van der Waals surface area contributed by atoms with Gasteiger partial charge in [-0.25, -0.2) is 4.79 Å². The fraction of sp³-hybridized carbons (Fsp3) is 0.524. The zero-order chi connectivity index (χ0) is 22.4. The first-order chi connectivity index (χ1) is 14.7. The average Bonchev–Trinajstić information content (AvgIpc) is 3.36. The van der Waals surface area contributed by atoms with Crippen molar-refractivity contribution in [1.29, 1.82) is 0 Å². The van der Waals surface area contributed by atoms with E-state index in [1.165, 1.54) is 14.0 Å². The number of anilines is 1. The van der Waals surface area contributed by atoms with E-state index in [0.29, 0.717) is 11.4 Å². The van der Waals surface area contributed by atoms with Gasteiger partial charge in [-0.2, -0.15) is 0 Å². The highest BCUT2D eigenvalue weighted by atomic mass is 79.9. The fourth-order valence-corrected chi connectivity index (χ4v) is 6.89. The number of alkyl halides is 2. The first-order valence-electron chi connectivity index (χ1n) is 10.00. The number of nitrogens with one attached hydrogen (secondary N) is 1. The fourth-order valence-electron chi connectivity index (χ4n) is 5.01. The number of hydrogen-bond acceptors (Lipinski definition) is 6. The number of benzene rings is 1. The summed E-state index contributed by atoms with van der Waals surface area (Å²) >= 11 is 7.27. The van der Waals surface area contributed by atoms with Crippen LogP contribution in [0.5, 0.6) is 5.75 Å². The molecule has 4 rings (SSSR count). The Morgan fingerprint density at radius 2 is 1.77 bits per heavy atom. The Morgan fingerprint density at radius 1 is 1.16 bits per heavy atom. The summed E-state index contributed by atoms with van der Waals surface area (Å²) in [5.41, 5.74) is 0.496. The summed E-state index contributed by atoms with van der Waals surface area (Å²) in [7, 11) is 1.51. The third-order valence-electron chi connectivity index (χ3n) is 6.45. The van der Waals surface area contributed by atoms with Gasteiger partial charge in [-0.3, -0.25) is 19.3 Å². The SMILES string of the molecule is COc1cccc(NC(=O)COC(=O)[C@H](C)N2C(=O)[C@@H]3[C@H]4C[C@@H]([C@H](Br)[C@H]4Br)[C@H]3C2=O)c1. The number of nitrogens with zero attached hydrogens (tertiary/aromatic N) is 1. The molecule has 0 radical (unpaired) electrons. The van der Waals surface area contributed by atoms with Gasteiger partial charge in [0.15, 0.2) is 6.61 Å². The van der Waals surface area contributed by atoms with E-state index < -0.39 is 36.4 Å². The Kier molecular flexibility index (Phi) is 6.13. The number of likely N-dealkylation sites (tertiary alicyclic amines) is 1. The second-order valence-electron chi connectivity index (χ2n) is 8.11. The van der Waals surface area contributed by atoms with E-state index in [0.717, 1.165) is 11.3 Å². The molecule has 31 heavy (non-hydrogen) atoms. The number of carbonyl (C=O) groups is 4. The van der Waals surface area contributed by atoms with Crippen LogP contribution in [0.4, 0.5) is 5.69 Å². The largest absolute Gasteiger partial charge is 0.497 e. The van der Waals surface area contributed by atoms with Gasteiger partial charge in [0.05, 0.1) is 18.9 Å². The normalized spacial score (nSPS) is 32.1. The molecule has 2 aliphatic carbocycles. The summed E-state index contributed by atoms with van der Waals surface area (Å²) in [5.74, 6) is -2.06. The molecule has 1 aromatic carbocycles. The summed E-state index contributed by atoms with van der Waals surface area (Å²) < 4.78 is 10.2. The molecule has 1 heterocycles. The van der Waals surface area contributed by atoms with Crippen LogP contribution in [0.1, 0.15) is 13.3 Å². The molecule has 3 amide bonds. The van der Waals surface area contributed by atoms with Gasteiger partial charge in [0.25, 0.3) is 5.91 Å². The number of halogens is 2. The van der Waals surface area contributed by atoms with E-state index in [1.807, 2.05) is 0 Å². The number of rotatable bonds is 6. The molecule has 0 unspecified atom stereocenters. The lowest BCUT2D eigenvalue weighted by molar-refractivity contribution is -0.159. The van der Waals surface area contributed by atoms with Gasteiger partial charge in [0.2, 0.25) is 11.8 Å². The van der Waals surface area contributed by atoms with Gasteiger partial charge < -0.3 is 14.8 Å². The molecule has 1 aliphatic heterocycles. The predicted octanol–water partition coefficient (Wildman–Crippen LogP) is 2.34. The van der Waals surface area contributed by atoms with Crippen molar-refractivity contribution in [3.05, 3.63) is 24.3 Å². The molecule has 2 saturated carbocycles. The third kappa shape index (κ3) is 3.77. The zero-order valence-corrected chi connectivity index (χ0v) is 20.1. The van der Waals surface area contributed by atoms with Crippen LogP contribution >= 0.6 is 31.9 Å². The van der Waals surface area contributed by atoms with E-state index in [4.69, 9.17) is 9.47 Å². The third-order valence-corrected chi connectivity index (χ3v) is 9.66. The molecule has 8 nitrogen and oxygen atoms in total. The number of hydrogen-bond donors (Lipinski definition) is 1. The predicted molar refractivity (Wildman–Crippen MR) is 118 cm³/mol. The second-order valence-corrected chi connectivity index (χ2v) is 10.2. The van der Waals surface area contributed by atoms with Crippen LogP contribution in [-0.2, 0) is 23.9 Å². The monoisotopic (exact) mass is 556 g/mol. The molecule has 1 aromatic rings. The molecule has 1 N–H and O–H groups in total. The quantitative estimate of drug-likeness (QED) is 0.327. The van der Waals surface area contributed by atoms with E-state index in [-0.39, 0.29) is 33.3 Å². The van der Waals surface area contributed by atoms with Crippen molar-refractivity contribution in [2.45, 2.75) is 29.0 Å². The molecule has 3 fully saturated rings. The lowest BCUT2D eigenvalue weighted by Crippen LogP contribution is -2.45. The topological polar surface area (TPSA) is 102 Å². The van der Waals surface area contributed by atoms with Crippen molar-refractivity contribution >= 4 is 61.2 Å². The van der Waals surface area contributed by atoms with Gasteiger partial charge in [-0.05, 0) is 37.3 Å². The second kappa shape index (κ2) is 8.54. The molecule has 3 aliphatic rings. The molecule has 2 bridgehead atoms. The number of fused-ring (bicyclic) bond motifs is 5. The van der Waals surface area contributed by atoms with Crippen molar-refractivity contribution in [3.63, 3.8) is 0 Å². The summed E-state index contributed by atoms with van der Waals surface area (Å²) in [6, 6.07) is 5.67. The smallest absolute Gasteiger partial charge is 0.329 e. The maximum absolute atomic E-state index is 13.0. The van der Waals surface area contributed by atoms with Gasteiger partial charge in [-0.15, -0.1) is 0 Å². The van der Waals surface area contributed by atoms with Crippen molar-refractivity contribution in [2.24, 2.45) is 23.7 Å². The number of carbonyl (C=O) groups excluding carboxylic acids is 4. The van der Waals surface area contributed by atoms with Crippen LogP contribution in [0.15, 0.2) is 24.3 Å². The molecule has 10 heteroatoms. The first-order valence-corrected chi connectivity index (χ1v) is 11.8. The van der Waals surface area contributed by atoms with Crippen LogP contribution < -0.4 is 10.1 Å². The lowest BCUT2D eigenvalue weighted by atomic mass is 9.81. The Morgan fingerprint density at radius 3 is 2.35 bits per heavy atom. The minimum Gasteiger partial charge on any atom is -0.497 e. The van der Waals surface area contributed by atoms with Crippen LogP contribution in [0.2, 0.25) is 0 Å². The van der Waals surface area contributed by atoms with Crippen molar-refractivity contribution in [2.75, 3.05) is 19.0 Å². The highest BCUT2D eigenvalue weighted by Gasteiger charge is 2.67. The summed E-state index contributed by atoms with van der Waals surface area (Å²) in [6.07, 6.45) is 0.815. The van der Waals surface area contributed by atoms with Gasteiger partial charge in [0.1, 0.15) is 11.8 Å². The highest BCUT2D eigenvalue weighted by molar-refractivity contribution is 9.12. The van der Waals surface area contributed by atoms with Gasteiger partial charge in [-0.1, -0.05) is 37.9 Å². The molecule has 1 saturated heterocycles. The maximum atomic E-state index is 13.0. The number of esters is 1. The van der Waals surface area contributed by atoms with E-state index in [1.54, 1.807) is 24.3 Å². The average molecular weight is 558 g/mol. The molecule has 166 valence electrons. The van der Waals surface area contributed by atoms with E-state index >= 15 is 0 Å². The molecular formula is C21H22Br2N2O6. The van der Waals surface area contributed by atoms with Crippen LogP contribution in [0.3, 0.4) is 0 Å². The first kappa shape index (κ1) is 22.3. The van der Waals surface area contributed by atoms with Gasteiger partial charge in [0, 0.05) is 21.4 Å². The minimum absolute atomic E-state index is 0.0673. The van der Waals surface area contributed by atoms with Crippen molar-refractivity contribution < 1.29 is 28.7 Å². The number of ether oxygens (including phenoxy) is 2. The van der Waals surface area contributed by atoms with E-state index in [9.17, 15) is 19.2 Å². The number of methoxy groups -OCH3 is 1. The number of imide groups is 1. The maximum Gasteiger partial charge on any atom is 0.329 e. The Balaban J connectivity index is 1.36. The van der Waals surface area contributed by atoms with Crippen LogP contribution in [0.25, 0.3) is 0 Å². The summed E-state index contributed by atoms with van der Waals surface area (Å²) in [4.78, 5) is 51.9. The van der Waals surface area contributed by atoms with Crippen molar-refractivity contribution in [3.8, 4) is 5.75 Å².